The van der Waals surface area contributed by atoms with Crippen LogP contribution < -0.4 is 4.74 Å². The first-order valence-corrected chi connectivity index (χ1v) is 8.41. The molecule has 3 aromatic rings. The predicted octanol–water partition coefficient (Wildman–Crippen LogP) is 2.60. The maximum atomic E-state index is 5.63. The van der Waals surface area contributed by atoms with Crippen molar-refractivity contribution in [1.82, 2.24) is 19.5 Å². The van der Waals surface area contributed by atoms with Crippen molar-refractivity contribution >= 4 is 0 Å². The van der Waals surface area contributed by atoms with E-state index in [2.05, 4.69) is 19.5 Å². The van der Waals surface area contributed by atoms with E-state index in [-0.39, 0.29) is 12.1 Å². The second-order valence-electron chi connectivity index (χ2n) is 6.05. The summed E-state index contributed by atoms with van der Waals surface area (Å²) >= 11 is 0. The van der Waals surface area contributed by atoms with Crippen molar-refractivity contribution in [3.63, 3.8) is 0 Å². The molecule has 1 aliphatic heterocycles. The summed E-state index contributed by atoms with van der Waals surface area (Å²) in [5.74, 6) is 0. The molecule has 0 aliphatic carbocycles. The Labute approximate surface area is 151 Å². The molecule has 0 unspecified atom stereocenters. The van der Waals surface area contributed by atoms with Crippen molar-refractivity contribution in [3.8, 4) is 28.5 Å². The summed E-state index contributed by atoms with van der Waals surface area (Å²) in [5.41, 5.74) is 3.71. The lowest BCUT2D eigenvalue weighted by Crippen LogP contribution is -2.24. The lowest BCUT2D eigenvalue weighted by molar-refractivity contribution is 0.0688. The first-order valence-electron chi connectivity index (χ1n) is 8.41. The zero-order valence-electron chi connectivity index (χ0n) is 14.7. The molecule has 0 N–H and O–H groups in total. The fourth-order valence-corrected chi connectivity index (χ4v) is 3.26. The van der Waals surface area contributed by atoms with Crippen LogP contribution >= 0.6 is 0 Å². The highest BCUT2D eigenvalue weighted by Crippen LogP contribution is 2.35. The molecule has 7 heteroatoms. The molecule has 134 valence electrons. The molecule has 0 spiro atoms. The summed E-state index contributed by atoms with van der Waals surface area (Å²) < 4.78 is 18.4. The van der Waals surface area contributed by atoms with E-state index in [1.54, 1.807) is 26.6 Å². The van der Waals surface area contributed by atoms with Crippen LogP contribution in [0.2, 0.25) is 0 Å². The highest BCUT2D eigenvalue weighted by Gasteiger charge is 2.32. The normalized spacial score (nSPS) is 19.6. The molecule has 2 aromatic heterocycles. The van der Waals surface area contributed by atoms with Gasteiger partial charge in [0.25, 0.3) is 0 Å². The number of nitrogens with zero attached hydrogens (tertiary/aromatic N) is 4. The van der Waals surface area contributed by atoms with E-state index in [9.17, 15) is 0 Å². The van der Waals surface area contributed by atoms with Gasteiger partial charge in [0.1, 0.15) is 6.10 Å². The van der Waals surface area contributed by atoms with Gasteiger partial charge in [-0.1, -0.05) is 30.3 Å². The summed E-state index contributed by atoms with van der Waals surface area (Å²) in [7, 11) is 3.26. The quantitative estimate of drug-likeness (QED) is 0.703. The molecular weight excluding hydrogens is 332 g/mol. The highest BCUT2D eigenvalue weighted by molar-refractivity contribution is 5.78. The molecular formula is C19H20N4O3. The number of rotatable bonds is 5. The SMILES string of the molecule is COc1ncc(-c2c(-c3ccccc3)ncn2[C@H]2COC[C@@H]2OC)cn1. The van der Waals surface area contributed by atoms with Gasteiger partial charge in [-0.15, -0.1) is 0 Å². The van der Waals surface area contributed by atoms with Crippen LogP contribution in [0.25, 0.3) is 22.5 Å². The molecule has 2 atom stereocenters. The third-order valence-electron chi connectivity index (χ3n) is 4.59. The Morgan fingerprint density at radius 3 is 2.46 bits per heavy atom. The molecule has 26 heavy (non-hydrogen) atoms. The molecule has 0 radical (unpaired) electrons. The van der Waals surface area contributed by atoms with Crippen molar-refractivity contribution in [3.05, 3.63) is 49.1 Å². The van der Waals surface area contributed by atoms with Gasteiger partial charge in [-0.05, 0) is 0 Å². The Morgan fingerprint density at radius 1 is 1.00 bits per heavy atom. The minimum absolute atomic E-state index is 0.0225. The number of hydrogen-bond acceptors (Lipinski definition) is 6. The first kappa shape index (κ1) is 16.7. The van der Waals surface area contributed by atoms with Crippen molar-refractivity contribution in [2.75, 3.05) is 27.4 Å². The average Bonchev–Trinajstić information content (AvgIpc) is 3.35. The largest absolute Gasteiger partial charge is 0.467 e. The highest BCUT2D eigenvalue weighted by atomic mass is 16.5. The fourth-order valence-electron chi connectivity index (χ4n) is 3.26. The van der Waals surface area contributed by atoms with Gasteiger partial charge in [0, 0.05) is 30.6 Å². The van der Waals surface area contributed by atoms with Gasteiger partial charge < -0.3 is 18.8 Å². The molecule has 7 nitrogen and oxygen atoms in total. The van der Waals surface area contributed by atoms with Crippen LogP contribution in [0.1, 0.15) is 6.04 Å². The number of hydrogen-bond donors (Lipinski definition) is 0. The molecule has 3 heterocycles. The Morgan fingerprint density at radius 2 is 1.77 bits per heavy atom. The number of benzene rings is 1. The second kappa shape index (κ2) is 7.23. The van der Waals surface area contributed by atoms with E-state index in [0.29, 0.717) is 19.2 Å². The van der Waals surface area contributed by atoms with Gasteiger partial charge in [-0.2, -0.15) is 0 Å². The van der Waals surface area contributed by atoms with Gasteiger partial charge in [-0.25, -0.2) is 15.0 Å². The van der Waals surface area contributed by atoms with Crippen LogP contribution in [0, 0.1) is 0 Å². The molecule has 0 saturated carbocycles. The Bertz CT molecular complexity index is 864. The lowest BCUT2D eigenvalue weighted by Gasteiger charge is -2.20. The fraction of sp³-hybridized carbons (Fsp3) is 0.316. The Kier molecular flexibility index (Phi) is 4.64. The summed E-state index contributed by atoms with van der Waals surface area (Å²) in [4.78, 5) is 13.2. The van der Waals surface area contributed by atoms with E-state index in [0.717, 1.165) is 22.5 Å². The minimum atomic E-state index is -0.0225. The van der Waals surface area contributed by atoms with E-state index in [1.165, 1.54) is 0 Å². The monoisotopic (exact) mass is 352 g/mol. The maximum Gasteiger partial charge on any atom is 0.316 e. The topological polar surface area (TPSA) is 71.3 Å². The number of methoxy groups -OCH3 is 2. The number of ether oxygens (including phenoxy) is 3. The van der Waals surface area contributed by atoms with Crippen LogP contribution in [0.3, 0.4) is 0 Å². The minimum Gasteiger partial charge on any atom is -0.467 e. The van der Waals surface area contributed by atoms with Crippen molar-refractivity contribution in [1.29, 1.82) is 0 Å². The standard InChI is InChI=1S/C19H20N4O3/c1-24-16-11-26-10-15(16)23-12-22-17(13-6-4-3-5-7-13)18(23)14-8-20-19(25-2)21-9-14/h3-9,12,15-16H,10-11H2,1-2H3/t15-,16-/m0/s1. The van der Waals surface area contributed by atoms with E-state index < -0.39 is 0 Å². The molecule has 1 saturated heterocycles. The van der Waals surface area contributed by atoms with Crippen molar-refractivity contribution < 1.29 is 14.2 Å². The zero-order chi connectivity index (χ0) is 17.9. The molecule has 1 fully saturated rings. The third-order valence-corrected chi connectivity index (χ3v) is 4.59. The van der Waals surface area contributed by atoms with Crippen LogP contribution in [-0.2, 0) is 9.47 Å². The second-order valence-corrected chi connectivity index (χ2v) is 6.05. The van der Waals surface area contributed by atoms with Crippen LogP contribution in [0.5, 0.6) is 6.01 Å². The third kappa shape index (κ3) is 2.95. The van der Waals surface area contributed by atoms with Gasteiger partial charge in [-0.3, -0.25) is 0 Å². The van der Waals surface area contributed by atoms with Gasteiger partial charge in [0.05, 0.1) is 44.1 Å². The first-order chi connectivity index (χ1) is 12.8. The number of aromatic nitrogens is 4. The summed E-state index contributed by atoms with van der Waals surface area (Å²) in [6, 6.07) is 10.4. The average molecular weight is 352 g/mol. The summed E-state index contributed by atoms with van der Waals surface area (Å²) in [5, 5.41) is 0. The zero-order valence-corrected chi connectivity index (χ0v) is 14.7. The lowest BCUT2D eigenvalue weighted by atomic mass is 10.1. The van der Waals surface area contributed by atoms with Crippen molar-refractivity contribution in [2.45, 2.75) is 12.1 Å². The summed E-state index contributed by atoms with van der Waals surface area (Å²) in [6.07, 6.45) is 5.32. The van der Waals surface area contributed by atoms with Gasteiger partial charge in [0.15, 0.2) is 0 Å². The van der Waals surface area contributed by atoms with Crippen LogP contribution in [0.15, 0.2) is 49.1 Å². The van der Waals surface area contributed by atoms with Gasteiger partial charge in [0.2, 0.25) is 0 Å². The van der Waals surface area contributed by atoms with Crippen LogP contribution in [0.4, 0.5) is 0 Å². The van der Waals surface area contributed by atoms with Crippen molar-refractivity contribution in [2.24, 2.45) is 0 Å². The van der Waals surface area contributed by atoms with Gasteiger partial charge >= 0.3 is 6.01 Å². The predicted molar refractivity (Wildman–Crippen MR) is 95.9 cm³/mol. The van der Waals surface area contributed by atoms with E-state index >= 15 is 0 Å². The Balaban J connectivity index is 1.85. The van der Waals surface area contributed by atoms with E-state index in [1.807, 2.05) is 36.7 Å². The van der Waals surface area contributed by atoms with E-state index in [4.69, 9.17) is 14.2 Å². The van der Waals surface area contributed by atoms with Crippen LogP contribution in [-0.4, -0.2) is 53.1 Å². The summed E-state index contributed by atoms with van der Waals surface area (Å²) in [6.45, 7) is 1.14. The smallest absolute Gasteiger partial charge is 0.316 e. The molecule has 0 amide bonds. The number of imidazole rings is 1. The Hall–Kier alpha value is -2.77. The molecule has 4 rings (SSSR count). The maximum absolute atomic E-state index is 5.63. The molecule has 1 aromatic carbocycles. The molecule has 0 bridgehead atoms. The molecule has 1 aliphatic rings.